The van der Waals surface area contributed by atoms with E-state index in [9.17, 15) is 0 Å². The van der Waals surface area contributed by atoms with E-state index in [1.54, 1.807) is 12.5 Å². The summed E-state index contributed by atoms with van der Waals surface area (Å²) in [5.41, 5.74) is 4.61. The third-order valence-corrected chi connectivity index (χ3v) is 2.73. The maximum atomic E-state index is 5.45. The number of nitrogens with zero attached hydrogens (tertiary/aromatic N) is 3. The molecule has 18 heavy (non-hydrogen) atoms. The van der Waals surface area contributed by atoms with Crippen LogP contribution in [0.15, 0.2) is 23.0 Å². The minimum Gasteiger partial charge on any atom is -0.472 e. The Kier molecular flexibility index (Phi) is 3.47. The fourth-order valence-electron chi connectivity index (χ4n) is 1.86. The first-order valence-electron chi connectivity index (χ1n) is 5.66. The number of nitrogen functional groups attached to an aromatic ring is 1. The van der Waals surface area contributed by atoms with E-state index in [0.717, 1.165) is 23.5 Å². The minimum atomic E-state index is 0.650. The Morgan fingerprint density at radius 2 is 2.17 bits per heavy atom. The molecule has 0 aliphatic rings. The maximum Gasteiger partial charge on any atom is 0.148 e. The Bertz CT molecular complexity index is 524. The highest BCUT2D eigenvalue weighted by atomic mass is 16.3. The summed E-state index contributed by atoms with van der Waals surface area (Å²) in [6.07, 6.45) is 3.39. The third kappa shape index (κ3) is 2.43. The quantitative estimate of drug-likeness (QED) is 0.631. The summed E-state index contributed by atoms with van der Waals surface area (Å²) in [4.78, 5) is 10.7. The number of nitrogens with one attached hydrogen (secondary N) is 1. The molecule has 6 nitrogen and oxygen atoms in total. The molecule has 6 heteroatoms. The second-order valence-corrected chi connectivity index (χ2v) is 4.20. The third-order valence-electron chi connectivity index (χ3n) is 2.73. The first kappa shape index (κ1) is 12.4. The molecule has 2 heterocycles. The molecule has 0 aliphatic carbocycles. The van der Waals surface area contributed by atoms with Gasteiger partial charge in [0.1, 0.15) is 17.5 Å². The van der Waals surface area contributed by atoms with E-state index in [-0.39, 0.29) is 0 Å². The van der Waals surface area contributed by atoms with Crippen molar-refractivity contribution >= 4 is 11.6 Å². The summed E-state index contributed by atoms with van der Waals surface area (Å²) in [7, 11) is 1.97. The molecular formula is C12H17N5O. The summed E-state index contributed by atoms with van der Waals surface area (Å²) in [5.74, 6) is 7.64. The van der Waals surface area contributed by atoms with E-state index in [1.807, 2.05) is 31.9 Å². The van der Waals surface area contributed by atoms with Crippen LogP contribution >= 0.6 is 0 Å². The highest BCUT2D eigenvalue weighted by molar-refractivity contribution is 5.57. The summed E-state index contributed by atoms with van der Waals surface area (Å²) in [6, 6.07) is 1.93. The molecule has 0 radical (unpaired) electrons. The largest absolute Gasteiger partial charge is 0.472 e. The molecule has 2 aromatic rings. The second kappa shape index (κ2) is 5.05. The number of nitrogens with two attached hydrogens (primary N) is 1. The molecule has 0 fully saturated rings. The molecule has 0 bridgehead atoms. The van der Waals surface area contributed by atoms with Crippen molar-refractivity contribution < 1.29 is 4.42 Å². The lowest BCUT2D eigenvalue weighted by atomic mass is 10.2. The van der Waals surface area contributed by atoms with Crippen LogP contribution < -0.4 is 16.2 Å². The van der Waals surface area contributed by atoms with Gasteiger partial charge in [0.25, 0.3) is 0 Å². The number of hydrogen-bond donors (Lipinski definition) is 2. The average Bonchev–Trinajstić information content (AvgIpc) is 2.84. The van der Waals surface area contributed by atoms with E-state index >= 15 is 0 Å². The van der Waals surface area contributed by atoms with Gasteiger partial charge in [-0.05, 0) is 19.9 Å². The Hall–Kier alpha value is -2.08. The van der Waals surface area contributed by atoms with Gasteiger partial charge in [0, 0.05) is 24.7 Å². The van der Waals surface area contributed by atoms with E-state index in [2.05, 4.69) is 15.4 Å². The summed E-state index contributed by atoms with van der Waals surface area (Å²) < 4.78 is 5.06. The van der Waals surface area contributed by atoms with Crippen molar-refractivity contribution in [3.63, 3.8) is 0 Å². The van der Waals surface area contributed by atoms with Crippen molar-refractivity contribution in [3.05, 3.63) is 35.5 Å². The van der Waals surface area contributed by atoms with E-state index < -0.39 is 0 Å². The molecule has 0 unspecified atom stereocenters. The van der Waals surface area contributed by atoms with Gasteiger partial charge in [-0.2, -0.15) is 0 Å². The van der Waals surface area contributed by atoms with Crippen LogP contribution in [0.5, 0.6) is 0 Å². The Labute approximate surface area is 106 Å². The lowest BCUT2D eigenvalue weighted by molar-refractivity contribution is 0.563. The van der Waals surface area contributed by atoms with E-state index in [0.29, 0.717) is 11.6 Å². The van der Waals surface area contributed by atoms with Gasteiger partial charge in [-0.25, -0.2) is 15.8 Å². The normalized spacial score (nSPS) is 10.4. The molecule has 3 N–H and O–H groups in total. The number of anilines is 2. The molecule has 2 aromatic heterocycles. The lowest BCUT2D eigenvalue weighted by Crippen LogP contribution is -2.21. The van der Waals surface area contributed by atoms with Crippen molar-refractivity contribution in [2.24, 2.45) is 5.84 Å². The van der Waals surface area contributed by atoms with Gasteiger partial charge in [0.05, 0.1) is 12.5 Å². The van der Waals surface area contributed by atoms with Crippen LogP contribution in [0, 0.1) is 13.8 Å². The van der Waals surface area contributed by atoms with Crippen LogP contribution in [-0.4, -0.2) is 17.0 Å². The molecule has 0 saturated carbocycles. The molecular weight excluding hydrogens is 230 g/mol. The minimum absolute atomic E-state index is 0.650. The first-order valence-corrected chi connectivity index (χ1v) is 5.66. The van der Waals surface area contributed by atoms with Gasteiger partial charge in [0.2, 0.25) is 0 Å². The second-order valence-electron chi connectivity index (χ2n) is 4.20. The van der Waals surface area contributed by atoms with Gasteiger partial charge in [-0.15, -0.1) is 0 Å². The smallest absolute Gasteiger partial charge is 0.148 e. The highest BCUT2D eigenvalue weighted by Gasteiger charge is 2.12. The lowest BCUT2D eigenvalue weighted by Gasteiger charge is -2.21. The molecule has 0 saturated heterocycles. The van der Waals surface area contributed by atoms with Crippen LogP contribution in [0.25, 0.3) is 0 Å². The first-order chi connectivity index (χ1) is 8.61. The standard InChI is InChI=1S/C12H17N5O/c1-8-11(16-13)14-9(2)15-12(8)17(3)6-10-4-5-18-7-10/h4-5,7H,6,13H2,1-3H3,(H,14,15,16). The SMILES string of the molecule is Cc1nc(NN)c(C)c(N(C)Cc2ccoc2)n1. The van der Waals surface area contributed by atoms with E-state index in [1.165, 1.54) is 0 Å². The topological polar surface area (TPSA) is 80.2 Å². The van der Waals surface area contributed by atoms with Gasteiger partial charge in [-0.3, -0.25) is 0 Å². The van der Waals surface area contributed by atoms with E-state index in [4.69, 9.17) is 10.3 Å². The van der Waals surface area contributed by atoms with Crippen molar-refractivity contribution in [2.45, 2.75) is 20.4 Å². The zero-order chi connectivity index (χ0) is 13.1. The average molecular weight is 247 g/mol. The van der Waals surface area contributed by atoms with Crippen molar-refractivity contribution in [1.82, 2.24) is 9.97 Å². The fourth-order valence-corrected chi connectivity index (χ4v) is 1.86. The molecule has 96 valence electrons. The van der Waals surface area contributed by atoms with Crippen molar-refractivity contribution in [2.75, 3.05) is 17.4 Å². The monoisotopic (exact) mass is 247 g/mol. The Morgan fingerprint density at radius 3 is 2.78 bits per heavy atom. The highest BCUT2D eigenvalue weighted by Crippen LogP contribution is 2.23. The van der Waals surface area contributed by atoms with Gasteiger partial charge in [-0.1, -0.05) is 0 Å². The summed E-state index contributed by atoms with van der Waals surface area (Å²) >= 11 is 0. The molecule has 0 amide bonds. The number of aromatic nitrogens is 2. The predicted molar refractivity (Wildman–Crippen MR) is 70.1 cm³/mol. The van der Waals surface area contributed by atoms with Crippen molar-refractivity contribution in [3.8, 4) is 0 Å². The van der Waals surface area contributed by atoms with Gasteiger partial charge < -0.3 is 14.7 Å². The van der Waals surface area contributed by atoms with Crippen LogP contribution in [0.3, 0.4) is 0 Å². The zero-order valence-corrected chi connectivity index (χ0v) is 10.8. The van der Waals surface area contributed by atoms with Crippen molar-refractivity contribution in [1.29, 1.82) is 0 Å². The van der Waals surface area contributed by atoms with Crippen LogP contribution in [0.2, 0.25) is 0 Å². The van der Waals surface area contributed by atoms with Gasteiger partial charge >= 0.3 is 0 Å². The molecule has 2 rings (SSSR count). The summed E-state index contributed by atoms with van der Waals surface area (Å²) in [6.45, 7) is 4.50. The number of aryl methyl sites for hydroxylation is 1. The Balaban J connectivity index is 2.29. The molecule has 0 atom stereocenters. The molecule has 0 spiro atoms. The maximum absolute atomic E-state index is 5.45. The number of hydrogen-bond acceptors (Lipinski definition) is 6. The molecule has 0 aliphatic heterocycles. The van der Waals surface area contributed by atoms with Crippen LogP contribution in [0.4, 0.5) is 11.6 Å². The van der Waals surface area contributed by atoms with Gasteiger partial charge in [0.15, 0.2) is 0 Å². The zero-order valence-electron chi connectivity index (χ0n) is 10.8. The number of hydrazine groups is 1. The number of furan rings is 1. The number of rotatable bonds is 4. The predicted octanol–water partition coefficient (Wildman–Crippen LogP) is 1.61. The fraction of sp³-hybridized carbons (Fsp3) is 0.333. The Morgan fingerprint density at radius 1 is 1.39 bits per heavy atom. The van der Waals surface area contributed by atoms with Crippen LogP contribution in [0.1, 0.15) is 17.0 Å². The van der Waals surface area contributed by atoms with Crippen LogP contribution in [-0.2, 0) is 6.54 Å². The molecule has 0 aromatic carbocycles. The summed E-state index contributed by atoms with van der Waals surface area (Å²) in [5, 5.41) is 0.